The minimum atomic E-state index is -3.66. The maximum atomic E-state index is 12.4. The molecular weight excluding hydrogens is 360 g/mol. The highest BCUT2D eigenvalue weighted by Crippen LogP contribution is 2.31. The quantitative estimate of drug-likeness (QED) is 0.583. The summed E-state index contributed by atoms with van der Waals surface area (Å²) in [7, 11) is -2.05. The van der Waals surface area contributed by atoms with Crippen molar-refractivity contribution in [1.29, 1.82) is 0 Å². The summed E-state index contributed by atoms with van der Waals surface area (Å²) in [6, 6.07) is 4.55. The van der Waals surface area contributed by atoms with Crippen molar-refractivity contribution in [2.75, 3.05) is 40.0 Å². The van der Waals surface area contributed by atoms with E-state index in [1.165, 1.54) is 12.1 Å². The molecule has 0 bridgehead atoms. The predicted molar refractivity (Wildman–Crippen MR) is 96.0 cm³/mol. The van der Waals surface area contributed by atoms with Crippen molar-refractivity contribution in [3.8, 4) is 11.5 Å². The topological polar surface area (TPSA) is 103 Å². The molecule has 0 spiro atoms. The lowest BCUT2D eigenvalue weighted by Gasteiger charge is -2.11. The van der Waals surface area contributed by atoms with E-state index < -0.39 is 10.0 Å². The molecule has 1 aromatic rings. The lowest BCUT2D eigenvalue weighted by atomic mass is 10.3. The second-order valence-electron chi connectivity index (χ2n) is 5.86. The van der Waals surface area contributed by atoms with Gasteiger partial charge in [0, 0.05) is 45.7 Å². The zero-order valence-electron chi connectivity index (χ0n) is 15.0. The molecule has 0 saturated carbocycles. The van der Waals surface area contributed by atoms with Crippen LogP contribution in [0.3, 0.4) is 0 Å². The summed E-state index contributed by atoms with van der Waals surface area (Å²) in [6.45, 7) is 2.36. The molecule has 146 valence electrons. The smallest absolute Gasteiger partial charge is 0.240 e. The van der Waals surface area contributed by atoms with E-state index in [2.05, 4.69) is 10.0 Å². The summed E-state index contributed by atoms with van der Waals surface area (Å²) in [6.07, 6.45) is 2.18. The van der Waals surface area contributed by atoms with Crippen LogP contribution in [0.1, 0.15) is 25.7 Å². The predicted octanol–water partition coefficient (Wildman–Crippen LogP) is 1.06. The van der Waals surface area contributed by atoms with Gasteiger partial charge in [-0.15, -0.1) is 0 Å². The van der Waals surface area contributed by atoms with Gasteiger partial charge in [-0.25, -0.2) is 13.1 Å². The number of ether oxygens (including phenoxy) is 3. The minimum Gasteiger partial charge on any atom is -0.490 e. The number of hydrogen-bond donors (Lipinski definition) is 2. The van der Waals surface area contributed by atoms with Crippen LogP contribution in [0.4, 0.5) is 0 Å². The minimum absolute atomic E-state index is 0.101. The Kier molecular flexibility index (Phi) is 8.14. The number of hydrogen-bond acceptors (Lipinski definition) is 6. The third-order valence-corrected chi connectivity index (χ3v) is 5.21. The molecule has 1 aliphatic rings. The zero-order chi connectivity index (χ0) is 18.8. The SMILES string of the molecule is COCCCNC(=O)CCCNS(=O)(=O)c1ccc2c(c1)OCCCO2. The first-order valence-electron chi connectivity index (χ1n) is 8.68. The van der Waals surface area contributed by atoms with Gasteiger partial charge in [0.25, 0.3) is 0 Å². The molecule has 26 heavy (non-hydrogen) atoms. The highest BCUT2D eigenvalue weighted by molar-refractivity contribution is 7.89. The molecule has 0 atom stereocenters. The van der Waals surface area contributed by atoms with Crippen molar-refractivity contribution in [3.63, 3.8) is 0 Å². The Balaban J connectivity index is 1.78. The van der Waals surface area contributed by atoms with E-state index in [1.807, 2.05) is 0 Å². The first-order chi connectivity index (χ1) is 12.5. The summed E-state index contributed by atoms with van der Waals surface area (Å²) in [5, 5.41) is 2.76. The monoisotopic (exact) mass is 386 g/mol. The Morgan fingerprint density at radius 2 is 1.92 bits per heavy atom. The van der Waals surface area contributed by atoms with E-state index in [0.29, 0.717) is 44.3 Å². The number of methoxy groups -OCH3 is 1. The lowest BCUT2D eigenvalue weighted by Crippen LogP contribution is -2.28. The fourth-order valence-electron chi connectivity index (χ4n) is 2.38. The normalized spacial score (nSPS) is 13.9. The van der Waals surface area contributed by atoms with Crippen LogP contribution in [-0.4, -0.2) is 54.3 Å². The molecule has 0 radical (unpaired) electrons. The van der Waals surface area contributed by atoms with Gasteiger partial charge < -0.3 is 19.5 Å². The Bertz CT molecular complexity index is 692. The van der Waals surface area contributed by atoms with Crippen LogP contribution in [0.25, 0.3) is 0 Å². The van der Waals surface area contributed by atoms with Gasteiger partial charge in [-0.05, 0) is 25.0 Å². The van der Waals surface area contributed by atoms with Gasteiger partial charge in [0.15, 0.2) is 11.5 Å². The van der Waals surface area contributed by atoms with E-state index in [9.17, 15) is 13.2 Å². The highest BCUT2D eigenvalue weighted by atomic mass is 32.2. The maximum Gasteiger partial charge on any atom is 0.240 e. The Hall–Kier alpha value is -1.84. The van der Waals surface area contributed by atoms with Gasteiger partial charge in [0.05, 0.1) is 18.1 Å². The van der Waals surface area contributed by atoms with Crippen molar-refractivity contribution in [2.24, 2.45) is 0 Å². The molecule has 0 unspecified atom stereocenters. The fourth-order valence-corrected chi connectivity index (χ4v) is 3.47. The molecule has 9 heteroatoms. The molecule has 1 amide bonds. The summed E-state index contributed by atoms with van der Waals surface area (Å²) in [4.78, 5) is 11.8. The van der Waals surface area contributed by atoms with Gasteiger partial charge in [-0.1, -0.05) is 0 Å². The maximum absolute atomic E-state index is 12.4. The van der Waals surface area contributed by atoms with E-state index in [0.717, 1.165) is 12.8 Å². The molecule has 0 aliphatic carbocycles. The first kappa shape index (κ1) is 20.5. The van der Waals surface area contributed by atoms with Crippen LogP contribution in [0.2, 0.25) is 0 Å². The average molecular weight is 386 g/mol. The van der Waals surface area contributed by atoms with Crippen molar-refractivity contribution in [1.82, 2.24) is 10.0 Å². The Labute approximate surface area is 154 Å². The van der Waals surface area contributed by atoms with E-state index in [1.54, 1.807) is 13.2 Å². The van der Waals surface area contributed by atoms with E-state index >= 15 is 0 Å². The van der Waals surface area contributed by atoms with Gasteiger partial charge in [0.1, 0.15) is 0 Å². The fraction of sp³-hybridized carbons (Fsp3) is 0.588. The Morgan fingerprint density at radius 1 is 1.15 bits per heavy atom. The number of nitrogens with one attached hydrogen (secondary N) is 2. The first-order valence-corrected chi connectivity index (χ1v) is 10.2. The summed E-state index contributed by atoms with van der Waals surface area (Å²) in [5.41, 5.74) is 0. The number of sulfonamides is 1. The molecular formula is C17H26N2O6S. The molecule has 0 saturated heterocycles. The molecule has 1 heterocycles. The number of rotatable bonds is 10. The number of fused-ring (bicyclic) bond motifs is 1. The molecule has 1 aromatic carbocycles. The van der Waals surface area contributed by atoms with Crippen molar-refractivity contribution in [3.05, 3.63) is 18.2 Å². The molecule has 2 N–H and O–H groups in total. The molecule has 0 fully saturated rings. The van der Waals surface area contributed by atoms with Crippen LogP contribution >= 0.6 is 0 Å². The van der Waals surface area contributed by atoms with Gasteiger partial charge in [-0.3, -0.25) is 4.79 Å². The summed E-state index contributed by atoms with van der Waals surface area (Å²) >= 11 is 0. The zero-order valence-corrected chi connectivity index (χ0v) is 15.8. The van der Waals surface area contributed by atoms with E-state index in [-0.39, 0.29) is 23.8 Å². The van der Waals surface area contributed by atoms with Gasteiger partial charge >= 0.3 is 0 Å². The average Bonchev–Trinajstić information content (AvgIpc) is 2.87. The van der Waals surface area contributed by atoms with Gasteiger partial charge in [-0.2, -0.15) is 0 Å². The van der Waals surface area contributed by atoms with Crippen molar-refractivity contribution >= 4 is 15.9 Å². The summed E-state index contributed by atoms with van der Waals surface area (Å²) in [5.74, 6) is 0.878. The number of carbonyl (C=O) groups excluding carboxylic acids is 1. The van der Waals surface area contributed by atoms with Crippen LogP contribution in [-0.2, 0) is 19.6 Å². The van der Waals surface area contributed by atoms with Crippen LogP contribution in [0.5, 0.6) is 11.5 Å². The van der Waals surface area contributed by atoms with Crippen molar-refractivity contribution < 1.29 is 27.4 Å². The third-order valence-electron chi connectivity index (χ3n) is 3.75. The molecule has 2 rings (SSSR count). The number of benzene rings is 1. The van der Waals surface area contributed by atoms with Crippen LogP contribution in [0, 0.1) is 0 Å². The highest BCUT2D eigenvalue weighted by Gasteiger charge is 2.18. The third kappa shape index (κ3) is 6.47. The standard InChI is InChI=1S/C17H26N2O6S/c1-23-10-3-8-18-17(20)5-2-9-19-26(21,22)14-6-7-15-16(13-14)25-12-4-11-24-15/h6-7,13,19H,2-5,8-12H2,1H3,(H,18,20). The Morgan fingerprint density at radius 3 is 2.69 bits per heavy atom. The molecule has 0 aromatic heterocycles. The molecule has 1 aliphatic heterocycles. The lowest BCUT2D eigenvalue weighted by molar-refractivity contribution is -0.121. The van der Waals surface area contributed by atoms with Gasteiger partial charge in [0.2, 0.25) is 15.9 Å². The van der Waals surface area contributed by atoms with Crippen molar-refractivity contribution in [2.45, 2.75) is 30.6 Å². The number of carbonyl (C=O) groups is 1. The second-order valence-corrected chi connectivity index (χ2v) is 7.62. The molecule has 8 nitrogen and oxygen atoms in total. The van der Waals surface area contributed by atoms with E-state index in [4.69, 9.17) is 14.2 Å². The summed E-state index contributed by atoms with van der Waals surface area (Å²) < 4.78 is 43.2. The van der Waals surface area contributed by atoms with Crippen LogP contribution in [0.15, 0.2) is 23.1 Å². The van der Waals surface area contributed by atoms with Crippen LogP contribution < -0.4 is 19.5 Å². The number of amides is 1. The largest absolute Gasteiger partial charge is 0.490 e. The second kappa shape index (κ2) is 10.3.